The lowest BCUT2D eigenvalue weighted by atomic mass is 9.97. The van der Waals surface area contributed by atoms with Crippen LogP contribution in [0.2, 0.25) is 0 Å². The summed E-state index contributed by atoms with van der Waals surface area (Å²) in [6, 6.07) is 10.1. The molecule has 0 bridgehead atoms. The maximum Gasteiger partial charge on any atom is 0.218 e. The number of hydrogen-bond donors (Lipinski definition) is 2. The van der Waals surface area contributed by atoms with Crippen molar-refractivity contribution in [1.82, 2.24) is 10.4 Å². The van der Waals surface area contributed by atoms with Crippen LogP contribution in [0.3, 0.4) is 0 Å². The predicted octanol–water partition coefficient (Wildman–Crippen LogP) is 2.26. The number of hydrazine groups is 1. The van der Waals surface area contributed by atoms with Crippen molar-refractivity contribution in [3.05, 3.63) is 58.8 Å². The lowest BCUT2D eigenvalue weighted by molar-refractivity contribution is 0.387. The summed E-state index contributed by atoms with van der Waals surface area (Å²) in [6.07, 6.45) is 1.71. The van der Waals surface area contributed by atoms with Gasteiger partial charge >= 0.3 is 0 Å². The fourth-order valence-corrected chi connectivity index (χ4v) is 2.34. The van der Waals surface area contributed by atoms with E-state index in [9.17, 15) is 0 Å². The molecule has 0 amide bonds. The second kappa shape index (κ2) is 5.82. The number of nitrogens with zero attached hydrogens (tertiary/aromatic N) is 1. The Balaban J connectivity index is 2.49. The van der Waals surface area contributed by atoms with Crippen LogP contribution in [0.15, 0.2) is 36.5 Å². The van der Waals surface area contributed by atoms with Gasteiger partial charge in [-0.3, -0.25) is 5.84 Å². The van der Waals surface area contributed by atoms with Gasteiger partial charge in [-0.1, -0.05) is 35.4 Å². The average Bonchev–Trinajstić information content (AvgIpc) is 2.39. The van der Waals surface area contributed by atoms with Crippen molar-refractivity contribution in [1.29, 1.82) is 0 Å². The number of aromatic nitrogens is 1. The summed E-state index contributed by atoms with van der Waals surface area (Å²) in [5, 5.41) is 0. The van der Waals surface area contributed by atoms with Gasteiger partial charge in [-0.05, 0) is 25.5 Å². The van der Waals surface area contributed by atoms with Crippen molar-refractivity contribution in [2.75, 3.05) is 7.11 Å². The first-order chi connectivity index (χ1) is 9.15. The predicted molar refractivity (Wildman–Crippen MR) is 75.9 cm³/mol. The van der Waals surface area contributed by atoms with E-state index < -0.39 is 0 Å². The number of methoxy groups -OCH3 is 1. The summed E-state index contributed by atoms with van der Waals surface area (Å²) in [5.74, 6) is 6.31. The topological polar surface area (TPSA) is 60.2 Å². The number of rotatable bonds is 4. The van der Waals surface area contributed by atoms with Gasteiger partial charge < -0.3 is 4.74 Å². The Morgan fingerprint density at radius 3 is 2.47 bits per heavy atom. The van der Waals surface area contributed by atoms with E-state index in [0.29, 0.717) is 5.88 Å². The molecule has 1 aromatic carbocycles. The highest BCUT2D eigenvalue weighted by Gasteiger charge is 2.17. The molecule has 0 aliphatic heterocycles. The van der Waals surface area contributed by atoms with Gasteiger partial charge in [0.25, 0.3) is 0 Å². The summed E-state index contributed by atoms with van der Waals surface area (Å²) in [7, 11) is 1.61. The fraction of sp³-hybridized carbons (Fsp3) is 0.267. The van der Waals surface area contributed by atoms with Crippen molar-refractivity contribution in [2.24, 2.45) is 5.84 Å². The van der Waals surface area contributed by atoms with Gasteiger partial charge in [0.1, 0.15) is 0 Å². The van der Waals surface area contributed by atoms with Crippen molar-refractivity contribution in [3.8, 4) is 5.88 Å². The van der Waals surface area contributed by atoms with E-state index >= 15 is 0 Å². The Morgan fingerprint density at radius 2 is 1.89 bits per heavy atom. The van der Waals surface area contributed by atoms with E-state index in [-0.39, 0.29) is 6.04 Å². The molecule has 3 N–H and O–H groups in total. The number of hydrogen-bond acceptors (Lipinski definition) is 4. The third kappa shape index (κ3) is 2.92. The van der Waals surface area contributed by atoms with Gasteiger partial charge in [0.05, 0.1) is 13.2 Å². The second-order valence-electron chi connectivity index (χ2n) is 4.62. The molecule has 1 unspecified atom stereocenters. The van der Waals surface area contributed by atoms with Crippen LogP contribution in [0.1, 0.15) is 28.3 Å². The number of aryl methyl sites for hydroxylation is 2. The van der Waals surface area contributed by atoms with Gasteiger partial charge in [0, 0.05) is 11.8 Å². The minimum absolute atomic E-state index is 0.137. The van der Waals surface area contributed by atoms with Gasteiger partial charge in [-0.15, -0.1) is 0 Å². The summed E-state index contributed by atoms with van der Waals surface area (Å²) in [5.41, 5.74) is 7.29. The molecule has 1 aromatic heterocycles. The number of ether oxygens (including phenoxy) is 1. The summed E-state index contributed by atoms with van der Waals surface area (Å²) >= 11 is 0. The normalized spacial score (nSPS) is 12.2. The number of benzene rings is 1. The molecule has 0 saturated heterocycles. The van der Waals surface area contributed by atoms with Crippen molar-refractivity contribution >= 4 is 0 Å². The van der Waals surface area contributed by atoms with E-state index in [4.69, 9.17) is 10.6 Å². The fourth-order valence-electron chi connectivity index (χ4n) is 2.34. The highest BCUT2D eigenvalue weighted by atomic mass is 16.5. The molecule has 1 heterocycles. The van der Waals surface area contributed by atoms with E-state index in [2.05, 4.69) is 42.5 Å². The molecule has 19 heavy (non-hydrogen) atoms. The van der Waals surface area contributed by atoms with Crippen LogP contribution >= 0.6 is 0 Å². The molecule has 4 heteroatoms. The first-order valence-corrected chi connectivity index (χ1v) is 6.19. The Labute approximate surface area is 113 Å². The summed E-state index contributed by atoms with van der Waals surface area (Å²) < 4.78 is 5.30. The first kappa shape index (κ1) is 13.5. The molecule has 0 radical (unpaired) electrons. The van der Waals surface area contributed by atoms with Gasteiger partial charge in [0.15, 0.2) is 0 Å². The van der Waals surface area contributed by atoms with E-state index in [1.165, 1.54) is 11.1 Å². The molecular formula is C15H19N3O. The lowest BCUT2D eigenvalue weighted by Crippen LogP contribution is -2.29. The third-order valence-electron chi connectivity index (χ3n) is 3.05. The zero-order valence-corrected chi connectivity index (χ0v) is 11.5. The molecular weight excluding hydrogens is 238 g/mol. The van der Waals surface area contributed by atoms with Crippen LogP contribution in [0.25, 0.3) is 0 Å². The van der Waals surface area contributed by atoms with Crippen LogP contribution in [-0.2, 0) is 0 Å². The van der Waals surface area contributed by atoms with Gasteiger partial charge in [0.2, 0.25) is 5.88 Å². The quantitative estimate of drug-likeness (QED) is 0.651. The third-order valence-corrected chi connectivity index (χ3v) is 3.05. The molecule has 2 aromatic rings. The van der Waals surface area contributed by atoms with E-state index in [1.807, 2.05) is 12.1 Å². The highest BCUT2D eigenvalue weighted by Crippen LogP contribution is 2.28. The van der Waals surface area contributed by atoms with Crippen LogP contribution in [0, 0.1) is 13.8 Å². The number of nitrogens with one attached hydrogen (secondary N) is 1. The van der Waals surface area contributed by atoms with Crippen LogP contribution in [0.5, 0.6) is 5.88 Å². The Hall–Kier alpha value is -1.91. The summed E-state index contributed by atoms with van der Waals surface area (Å²) in [6.45, 7) is 4.15. The molecule has 1 atom stereocenters. The minimum Gasteiger partial charge on any atom is -0.481 e. The van der Waals surface area contributed by atoms with Gasteiger partial charge in [-0.25, -0.2) is 10.4 Å². The second-order valence-corrected chi connectivity index (χ2v) is 4.62. The van der Waals surface area contributed by atoms with Gasteiger partial charge in [-0.2, -0.15) is 0 Å². The van der Waals surface area contributed by atoms with E-state index in [1.54, 1.807) is 13.3 Å². The van der Waals surface area contributed by atoms with Crippen LogP contribution in [-0.4, -0.2) is 12.1 Å². The zero-order valence-electron chi connectivity index (χ0n) is 11.5. The molecule has 2 rings (SSSR count). The SMILES string of the molecule is COc1ncccc1C(NN)c1cc(C)cc(C)c1. The Morgan fingerprint density at radius 1 is 1.21 bits per heavy atom. The van der Waals surface area contributed by atoms with Crippen molar-refractivity contribution in [2.45, 2.75) is 19.9 Å². The van der Waals surface area contributed by atoms with Crippen molar-refractivity contribution in [3.63, 3.8) is 0 Å². The highest BCUT2D eigenvalue weighted by molar-refractivity contribution is 5.40. The first-order valence-electron chi connectivity index (χ1n) is 6.19. The molecule has 0 aliphatic rings. The lowest BCUT2D eigenvalue weighted by Gasteiger charge is -2.19. The maximum atomic E-state index is 5.73. The Bertz CT molecular complexity index is 549. The smallest absolute Gasteiger partial charge is 0.218 e. The monoisotopic (exact) mass is 257 g/mol. The van der Waals surface area contributed by atoms with E-state index in [0.717, 1.165) is 11.1 Å². The minimum atomic E-state index is -0.137. The standard InChI is InChI=1S/C15H19N3O/c1-10-7-11(2)9-12(8-10)14(18-16)13-5-4-6-17-15(13)19-3/h4-9,14,18H,16H2,1-3H3. The molecule has 0 fully saturated rings. The molecule has 4 nitrogen and oxygen atoms in total. The average molecular weight is 257 g/mol. The van der Waals surface area contributed by atoms with Crippen molar-refractivity contribution < 1.29 is 4.74 Å². The zero-order chi connectivity index (χ0) is 13.8. The van der Waals surface area contributed by atoms with Crippen LogP contribution in [0.4, 0.5) is 0 Å². The molecule has 0 saturated carbocycles. The maximum absolute atomic E-state index is 5.73. The number of pyridine rings is 1. The molecule has 0 spiro atoms. The Kier molecular flexibility index (Phi) is 4.14. The largest absolute Gasteiger partial charge is 0.481 e. The number of nitrogens with two attached hydrogens (primary N) is 1. The molecule has 0 aliphatic carbocycles. The molecule has 100 valence electrons. The summed E-state index contributed by atoms with van der Waals surface area (Å²) in [4.78, 5) is 4.22. The van der Waals surface area contributed by atoms with Crippen LogP contribution < -0.4 is 16.0 Å².